The number of nitrogens with zero attached hydrogens (tertiary/aromatic N) is 3. The fourth-order valence-corrected chi connectivity index (χ4v) is 3.14. The highest BCUT2D eigenvalue weighted by molar-refractivity contribution is 7.99. The van der Waals surface area contributed by atoms with Gasteiger partial charge in [-0.2, -0.15) is 0 Å². The van der Waals surface area contributed by atoms with Crippen molar-refractivity contribution in [1.82, 2.24) is 15.2 Å². The average Bonchev–Trinajstić information content (AvgIpc) is 3.23. The molecule has 1 N–H and O–H groups in total. The number of thioether (sulfide) groups is 1. The number of carbonyl (C=O) groups is 1. The van der Waals surface area contributed by atoms with Gasteiger partial charge in [-0.3, -0.25) is 9.78 Å². The van der Waals surface area contributed by atoms with E-state index in [-0.39, 0.29) is 11.7 Å². The summed E-state index contributed by atoms with van der Waals surface area (Å²) in [4.78, 5) is 16.1. The van der Waals surface area contributed by atoms with E-state index in [1.54, 1.807) is 24.5 Å². The number of hydrogen-bond acceptors (Lipinski definition) is 6. The van der Waals surface area contributed by atoms with Gasteiger partial charge in [-0.1, -0.05) is 54.2 Å². The lowest BCUT2D eigenvalue weighted by atomic mass is 10.1. The first kappa shape index (κ1) is 17.9. The van der Waals surface area contributed by atoms with E-state index in [0.717, 1.165) is 22.4 Å². The number of hydrogen-bond donors (Lipinski definition) is 1. The molecule has 6 nitrogen and oxygen atoms in total. The van der Waals surface area contributed by atoms with Gasteiger partial charge in [0, 0.05) is 23.6 Å². The van der Waals surface area contributed by atoms with Crippen LogP contribution in [0.15, 0.2) is 88.8 Å². The molecule has 0 saturated carbocycles. The number of pyridine rings is 1. The zero-order valence-corrected chi connectivity index (χ0v) is 15.6. The van der Waals surface area contributed by atoms with Gasteiger partial charge in [0.2, 0.25) is 11.8 Å². The second-order valence-corrected chi connectivity index (χ2v) is 6.82. The summed E-state index contributed by atoms with van der Waals surface area (Å²) >= 11 is 1.20. The molecule has 0 aliphatic rings. The zero-order valence-electron chi connectivity index (χ0n) is 14.8. The summed E-state index contributed by atoms with van der Waals surface area (Å²) < 4.78 is 5.57. The molecule has 0 radical (unpaired) electrons. The number of benzene rings is 2. The van der Waals surface area contributed by atoms with Crippen LogP contribution in [0.3, 0.4) is 0 Å². The Bertz CT molecular complexity index is 1050. The third kappa shape index (κ3) is 4.44. The fraction of sp³-hybridized carbons (Fsp3) is 0.0476. The predicted octanol–water partition coefficient (Wildman–Crippen LogP) is 4.53. The van der Waals surface area contributed by atoms with Crippen molar-refractivity contribution in [3.63, 3.8) is 0 Å². The molecule has 4 aromatic rings. The van der Waals surface area contributed by atoms with Crippen LogP contribution in [-0.2, 0) is 4.79 Å². The molecule has 0 aliphatic heterocycles. The van der Waals surface area contributed by atoms with Crippen molar-refractivity contribution in [3.05, 3.63) is 79.1 Å². The summed E-state index contributed by atoms with van der Waals surface area (Å²) in [6.07, 6.45) is 3.31. The lowest BCUT2D eigenvalue weighted by molar-refractivity contribution is -0.113. The van der Waals surface area contributed by atoms with E-state index in [2.05, 4.69) is 32.6 Å². The Balaban J connectivity index is 1.32. The van der Waals surface area contributed by atoms with Gasteiger partial charge in [-0.25, -0.2) is 0 Å². The molecule has 2 heterocycles. The maximum Gasteiger partial charge on any atom is 0.277 e. The number of amides is 1. The molecule has 0 aliphatic carbocycles. The van der Waals surface area contributed by atoms with Crippen LogP contribution in [-0.4, -0.2) is 26.8 Å². The Morgan fingerprint density at radius 2 is 1.57 bits per heavy atom. The van der Waals surface area contributed by atoms with Gasteiger partial charge >= 0.3 is 0 Å². The highest BCUT2D eigenvalue weighted by atomic mass is 32.2. The maximum atomic E-state index is 12.2. The Kier molecular flexibility index (Phi) is 5.44. The van der Waals surface area contributed by atoms with Crippen LogP contribution in [0.1, 0.15) is 0 Å². The molecule has 1 amide bonds. The molecule has 0 atom stereocenters. The number of nitrogens with one attached hydrogen (secondary N) is 1. The second-order valence-electron chi connectivity index (χ2n) is 5.89. The van der Waals surface area contributed by atoms with E-state index in [9.17, 15) is 4.79 Å². The molecule has 2 aromatic heterocycles. The molecule has 0 unspecified atom stereocenters. The topological polar surface area (TPSA) is 80.9 Å². The molecule has 0 bridgehead atoms. The summed E-state index contributed by atoms with van der Waals surface area (Å²) in [5.74, 6) is 0.446. The SMILES string of the molecule is O=C(CSc1nnc(-c2ccncc2)o1)Nc1ccc(-c2ccccc2)cc1. The van der Waals surface area contributed by atoms with Crippen LogP contribution in [0.5, 0.6) is 0 Å². The molecule has 28 heavy (non-hydrogen) atoms. The molecule has 0 spiro atoms. The van der Waals surface area contributed by atoms with Crippen LogP contribution in [0.25, 0.3) is 22.6 Å². The zero-order chi connectivity index (χ0) is 19.2. The highest BCUT2D eigenvalue weighted by Gasteiger charge is 2.11. The van der Waals surface area contributed by atoms with Gasteiger partial charge in [-0.15, -0.1) is 10.2 Å². The number of carbonyl (C=O) groups excluding carboxylic acids is 1. The Labute approximate surface area is 166 Å². The highest BCUT2D eigenvalue weighted by Crippen LogP contribution is 2.23. The van der Waals surface area contributed by atoms with Crippen molar-refractivity contribution in [2.75, 3.05) is 11.1 Å². The van der Waals surface area contributed by atoms with E-state index < -0.39 is 0 Å². The minimum Gasteiger partial charge on any atom is -0.411 e. The normalized spacial score (nSPS) is 10.6. The van der Waals surface area contributed by atoms with E-state index in [1.165, 1.54) is 11.8 Å². The third-order valence-electron chi connectivity index (χ3n) is 3.94. The minimum atomic E-state index is -0.138. The smallest absolute Gasteiger partial charge is 0.277 e. The van der Waals surface area contributed by atoms with E-state index >= 15 is 0 Å². The van der Waals surface area contributed by atoms with Gasteiger partial charge in [0.1, 0.15) is 0 Å². The quantitative estimate of drug-likeness (QED) is 0.489. The predicted molar refractivity (Wildman–Crippen MR) is 109 cm³/mol. The van der Waals surface area contributed by atoms with Gasteiger partial charge in [0.15, 0.2) is 0 Å². The molecule has 0 fully saturated rings. The molecular weight excluding hydrogens is 372 g/mol. The monoisotopic (exact) mass is 388 g/mol. The molecule has 138 valence electrons. The number of aromatic nitrogens is 3. The summed E-state index contributed by atoms with van der Waals surface area (Å²) in [5, 5.41) is 11.2. The van der Waals surface area contributed by atoms with Crippen molar-refractivity contribution in [2.24, 2.45) is 0 Å². The summed E-state index contributed by atoms with van der Waals surface area (Å²) in [6, 6.07) is 21.4. The number of rotatable bonds is 6. The van der Waals surface area contributed by atoms with Gasteiger partial charge in [0.25, 0.3) is 5.22 Å². The first-order chi connectivity index (χ1) is 13.8. The average molecular weight is 388 g/mol. The van der Waals surface area contributed by atoms with Gasteiger partial charge < -0.3 is 9.73 Å². The fourth-order valence-electron chi connectivity index (χ4n) is 2.58. The van der Waals surface area contributed by atoms with Crippen molar-refractivity contribution in [2.45, 2.75) is 5.22 Å². The largest absolute Gasteiger partial charge is 0.411 e. The van der Waals surface area contributed by atoms with Crippen molar-refractivity contribution in [3.8, 4) is 22.6 Å². The first-order valence-electron chi connectivity index (χ1n) is 8.60. The van der Waals surface area contributed by atoms with Crippen LogP contribution in [0, 0.1) is 0 Å². The summed E-state index contributed by atoms with van der Waals surface area (Å²) in [6.45, 7) is 0. The third-order valence-corrected chi connectivity index (χ3v) is 4.75. The molecule has 4 rings (SSSR count). The van der Waals surface area contributed by atoms with Crippen molar-refractivity contribution >= 4 is 23.4 Å². The second kappa shape index (κ2) is 8.49. The van der Waals surface area contributed by atoms with E-state index in [0.29, 0.717) is 11.1 Å². The Morgan fingerprint density at radius 3 is 2.32 bits per heavy atom. The van der Waals surface area contributed by atoms with Gasteiger partial charge in [0.05, 0.1) is 5.75 Å². The summed E-state index contributed by atoms with van der Waals surface area (Å²) in [5.41, 5.74) is 3.77. The van der Waals surface area contributed by atoms with Crippen LogP contribution < -0.4 is 5.32 Å². The molecular formula is C21H16N4O2S. The molecule has 0 saturated heterocycles. The first-order valence-corrected chi connectivity index (χ1v) is 9.58. The molecule has 7 heteroatoms. The number of anilines is 1. The Morgan fingerprint density at radius 1 is 0.857 bits per heavy atom. The summed E-state index contributed by atoms with van der Waals surface area (Å²) in [7, 11) is 0. The van der Waals surface area contributed by atoms with Crippen molar-refractivity contribution in [1.29, 1.82) is 0 Å². The van der Waals surface area contributed by atoms with E-state index in [4.69, 9.17) is 4.42 Å². The van der Waals surface area contributed by atoms with Crippen molar-refractivity contribution < 1.29 is 9.21 Å². The van der Waals surface area contributed by atoms with Gasteiger partial charge in [-0.05, 0) is 35.4 Å². The lowest BCUT2D eigenvalue weighted by Gasteiger charge is -2.06. The van der Waals surface area contributed by atoms with Crippen LogP contribution in [0.2, 0.25) is 0 Å². The standard InChI is InChI=1S/C21H16N4O2S/c26-19(14-28-21-25-24-20(27-21)17-10-12-22-13-11-17)23-18-8-6-16(7-9-18)15-4-2-1-3-5-15/h1-13H,14H2,(H,23,26). The van der Waals surface area contributed by atoms with Crippen LogP contribution >= 0.6 is 11.8 Å². The van der Waals surface area contributed by atoms with E-state index in [1.807, 2.05) is 42.5 Å². The maximum absolute atomic E-state index is 12.2. The lowest BCUT2D eigenvalue weighted by Crippen LogP contribution is -2.13. The van der Waals surface area contributed by atoms with Crippen LogP contribution in [0.4, 0.5) is 5.69 Å². The minimum absolute atomic E-state index is 0.138. The Hall–Kier alpha value is -3.45. The molecule has 2 aromatic carbocycles.